The summed E-state index contributed by atoms with van der Waals surface area (Å²) in [4.78, 5) is 3.99. The first-order valence-electron chi connectivity index (χ1n) is 5.38. The van der Waals surface area contributed by atoms with Crippen molar-refractivity contribution < 1.29 is 17.6 Å². The molecule has 0 aliphatic heterocycles. The third-order valence-corrected chi connectivity index (χ3v) is 3.05. The van der Waals surface area contributed by atoms with Gasteiger partial charge in [0.25, 0.3) is 0 Å². The maximum Gasteiger partial charge on any atom is 0.416 e. The van der Waals surface area contributed by atoms with Crippen LogP contribution in [-0.2, 0) is 12.7 Å². The van der Waals surface area contributed by atoms with E-state index in [0.29, 0.717) is 28.4 Å². The summed E-state index contributed by atoms with van der Waals surface area (Å²) >= 11 is 3.10. The Morgan fingerprint density at radius 1 is 1.37 bits per heavy atom. The number of benzene rings is 1. The Balaban J connectivity index is 2.09. The molecular formula is C12H10BrF3N2O. The molecule has 7 heteroatoms. The molecule has 3 nitrogen and oxygen atoms in total. The quantitative estimate of drug-likeness (QED) is 0.905. The Morgan fingerprint density at radius 3 is 2.63 bits per heavy atom. The van der Waals surface area contributed by atoms with Gasteiger partial charge < -0.3 is 9.73 Å². The van der Waals surface area contributed by atoms with Crippen LogP contribution in [0, 0.1) is 6.92 Å². The van der Waals surface area contributed by atoms with Crippen LogP contribution in [0.1, 0.15) is 17.2 Å². The fourth-order valence-electron chi connectivity index (χ4n) is 1.49. The molecule has 0 atom stereocenters. The number of alkyl halides is 3. The lowest BCUT2D eigenvalue weighted by Gasteiger charge is -2.11. The number of halogens is 4. The van der Waals surface area contributed by atoms with Gasteiger partial charge in [-0.1, -0.05) is 0 Å². The van der Waals surface area contributed by atoms with Crippen LogP contribution in [0.15, 0.2) is 33.3 Å². The smallest absolute Gasteiger partial charge is 0.416 e. The zero-order valence-electron chi connectivity index (χ0n) is 9.88. The van der Waals surface area contributed by atoms with Crippen molar-refractivity contribution in [1.82, 2.24) is 4.98 Å². The lowest BCUT2D eigenvalue weighted by Crippen LogP contribution is -2.06. The summed E-state index contributed by atoms with van der Waals surface area (Å²) in [5.41, 5.74) is -0.152. The maximum absolute atomic E-state index is 12.5. The fourth-order valence-corrected chi connectivity index (χ4v) is 2.01. The lowest BCUT2D eigenvalue weighted by molar-refractivity contribution is -0.137. The summed E-state index contributed by atoms with van der Waals surface area (Å²) in [6.45, 7) is 2.07. The first-order valence-corrected chi connectivity index (χ1v) is 6.17. The molecule has 2 rings (SSSR count). The van der Waals surface area contributed by atoms with Gasteiger partial charge in [-0.25, -0.2) is 4.98 Å². The third kappa shape index (κ3) is 3.50. The number of hydrogen-bond acceptors (Lipinski definition) is 3. The zero-order chi connectivity index (χ0) is 14.0. The van der Waals surface area contributed by atoms with E-state index in [1.807, 2.05) is 0 Å². The second-order valence-corrected chi connectivity index (χ2v) is 4.76. The maximum atomic E-state index is 12.5. The molecule has 19 heavy (non-hydrogen) atoms. The van der Waals surface area contributed by atoms with Crippen molar-refractivity contribution in [1.29, 1.82) is 0 Å². The van der Waals surface area contributed by atoms with E-state index in [-0.39, 0.29) is 0 Å². The van der Waals surface area contributed by atoms with E-state index in [1.54, 1.807) is 13.1 Å². The van der Waals surface area contributed by atoms with E-state index < -0.39 is 11.7 Å². The Hall–Kier alpha value is -1.50. The van der Waals surface area contributed by atoms with Crippen LogP contribution in [0.4, 0.5) is 18.9 Å². The molecule has 102 valence electrons. The number of rotatable bonds is 3. The van der Waals surface area contributed by atoms with Gasteiger partial charge in [0.2, 0.25) is 5.89 Å². The fraction of sp³-hybridized carbons (Fsp3) is 0.250. The summed E-state index contributed by atoms with van der Waals surface area (Å²) in [6, 6.07) is 3.42. The predicted molar refractivity (Wildman–Crippen MR) is 67.7 cm³/mol. The summed E-state index contributed by atoms with van der Waals surface area (Å²) in [6.07, 6.45) is -2.76. The molecule has 0 spiro atoms. The molecule has 0 aliphatic carbocycles. The second-order valence-electron chi connectivity index (χ2n) is 3.91. The number of hydrogen-bond donors (Lipinski definition) is 1. The van der Waals surface area contributed by atoms with E-state index in [2.05, 4.69) is 26.2 Å². The largest absolute Gasteiger partial charge is 0.444 e. The highest BCUT2D eigenvalue weighted by atomic mass is 79.9. The van der Waals surface area contributed by atoms with Crippen molar-refractivity contribution in [3.8, 4) is 0 Å². The van der Waals surface area contributed by atoms with Gasteiger partial charge in [0.05, 0.1) is 18.3 Å². The summed E-state index contributed by atoms with van der Waals surface area (Å²) < 4.78 is 43.1. The van der Waals surface area contributed by atoms with Gasteiger partial charge in [-0.05, 0) is 41.1 Å². The minimum Gasteiger partial charge on any atom is -0.444 e. The molecule has 1 aromatic carbocycles. The number of nitrogens with one attached hydrogen (secondary N) is 1. The van der Waals surface area contributed by atoms with Gasteiger partial charge >= 0.3 is 6.18 Å². The number of oxazole rings is 1. The molecule has 0 saturated heterocycles. The average Bonchev–Trinajstić information content (AvgIpc) is 2.72. The average molecular weight is 335 g/mol. The van der Waals surface area contributed by atoms with Gasteiger partial charge in [-0.3, -0.25) is 0 Å². The minimum absolute atomic E-state index is 0.303. The van der Waals surface area contributed by atoms with E-state index >= 15 is 0 Å². The molecule has 0 aliphatic rings. The molecule has 1 N–H and O–H groups in total. The predicted octanol–water partition coefficient (Wildman–Crippen LogP) is 4.38. The van der Waals surface area contributed by atoms with Crippen LogP contribution in [0.5, 0.6) is 0 Å². The Kier molecular flexibility index (Phi) is 3.84. The van der Waals surface area contributed by atoms with Gasteiger partial charge in [0.15, 0.2) is 0 Å². The molecule has 0 saturated carbocycles. The normalized spacial score (nSPS) is 11.6. The molecule has 1 aromatic heterocycles. The van der Waals surface area contributed by atoms with Gasteiger partial charge in [-0.2, -0.15) is 13.2 Å². The molecule has 0 amide bonds. The molecule has 1 heterocycles. The molecule has 0 fully saturated rings. The van der Waals surface area contributed by atoms with Crippen LogP contribution < -0.4 is 5.32 Å². The number of aryl methyl sites for hydroxylation is 1. The molecule has 0 bridgehead atoms. The van der Waals surface area contributed by atoms with Crippen molar-refractivity contribution in [2.75, 3.05) is 5.32 Å². The van der Waals surface area contributed by atoms with Crippen LogP contribution in [-0.4, -0.2) is 4.98 Å². The Bertz CT molecular complexity index is 581. The number of nitrogens with zero attached hydrogens (tertiary/aromatic N) is 1. The number of anilines is 1. The van der Waals surface area contributed by atoms with E-state index in [4.69, 9.17) is 4.42 Å². The first-order chi connectivity index (χ1) is 8.86. The van der Waals surface area contributed by atoms with Gasteiger partial charge in [-0.15, -0.1) is 0 Å². The number of aromatic nitrogens is 1. The summed E-state index contributed by atoms with van der Waals surface area (Å²) in [5, 5.41) is 2.95. The topological polar surface area (TPSA) is 38.1 Å². The summed E-state index contributed by atoms with van der Waals surface area (Å²) in [5.74, 6) is 1.16. The standard InChI is InChI=1S/C12H10BrF3N2O/c1-7-5-18-11(19-7)6-17-10-3-2-8(4-9(10)13)12(14,15)16/h2-5,17H,6H2,1H3. The van der Waals surface area contributed by atoms with Crippen LogP contribution >= 0.6 is 15.9 Å². The van der Waals surface area contributed by atoms with E-state index in [9.17, 15) is 13.2 Å². The monoisotopic (exact) mass is 334 g/mol. The third-order valence-electron chi connectivity index (χ3n) is 2.40. The highest BCUT2D eigenvalue weighted by Gasteiger charge is 2.30. The molecule has 0 unspecified atom stereocenters. The van der Waals surface area contributed by atoms with Crippen LogP contribution in [0.3, 0.4) is 0 Å². The highest BCUT2D eigenvalue weighted by Crippen LogP contribution is 2.34. The van der Waals surface area contributed by atoms with Crippen molar-refractivity contribution in [2.45, 2.75) is 19.6 Å². The molecular weight excluding hydrogens is 325 g/mol. The van der Waals surface area contributed by atoms with Crippen molar-refractivity contribution in [2.24, 2.45) is 0 Å². The zero-order valence-corrected chi connectivity index (χ0v) is 11.5. The van der Waals surface area contributed by atoms with Crippen molar-refractivity contribution in [3.05, 3.63) is 46.1 Å². The van der Waals surface area contributed by atoms with Crippen LogP contribution in [0.2, 0.25) is 0 Å². The van der Waals surface area contributed by atoms with Crippen molar-refractivity contribution in [3.63, 3.8) is 0 Å². The highest BCUT2D eigenvalue weighted by molar-refractivity contribution is 9.10. The van der Waals surface area contributed by atoms with E-state index in [0.717, 1.165) is 12.1 Å². The van der Waals surface area contributed by atoms with Gasteiger partial charge in [0, 0.05) is 10.2 Å². The SMILES string of the molecule is Cc1cnc(CNc2ccc(C(F)(F)F)cc2Br)o1. The Labute approximate surface area is 116 Å². The Morgan fingerprint density at radius 2 is 2.11 bits per heavy atom. The lowest BCUT2D eigenvalue weighted by atomic mass is 10.2. The van der Waals surface area contributed by atoms with E-state index in [1.165, 1.54) is 6.07 Å². The minimum atomic E-state index is -4.35. The van der Waals surface area contributed by atoms with Gasteiger partial charge in [0.1, 0.15) is 5.76 Å². The van der Waals surface area contributed by atoms with Crippen molar-refractivity contribution >= 4 is 21.6 Å². The molecule has 0 radical (unpaired) electrons. The first kappa shape index (κ1) is 13.9. The second kappa shape index (κ2) is 5.24. The molecule has 2 aromatic rings. The summed E-state index contributed by atoms with van der Waals surface area (Å²) in [7, 11) is 0. The van der Waals surface area contributed by atoms with Crippen LogP contribution in [0.25, 0.3) is 0 Å².